The summed E-state index contributed by atoms with van der Waals surface area (Å²) in [6.07, 6.45) is 0.0101. The summed E-state index contributed by atoms with van der Waals surface area (Å²) < 4.78 is 0. The lowest BCUT2D eigenvalue weighted by atomic mass is 9.93. The summed E-state index contributed by atoms with van der Waals surface area (Å²) in [7, 11) is 0. The number of rotatable bonds is 3. The summed E-state index contributed by atoms with van der Waals surface area (Å²) >= 11 is 3.12. The average Bonchev–Trinajstić information content (AvgIpc) is 2.85. The van der Waals surface area contributed by atoms with Crippen molar-refractivity contribution >= 4 is 22.7 Å². The van der Waals surface area contributed by atoms with E-state index in [0.29, 0.717) is 6.42 Å². The van der Waals surface area contributed by atoms with Gasteiger partial charge in [0, 0.05) is 28.3 Å². The zero-order chi connectivity index (χ0) is 13.3. The lowest BCUT2D eigenvalue weighted by Gasteiger charge is -2.14. The van der Waals surface area contributed by atoms with Gasteiger partial charge in [-0.15, -0.1) is 22.7 Å². The minimum Gasteiger partial charge on any atom is -0.385 e. The molecule has 0 fully saturated rings. The summed E-state index contributed by atoms with van der Waals surface area (Å²) in [4.78, 5) is 8.90. The molecule has 0 aliphatic heterocycles. The number of aryl methyl sites for hydroxylation is 1. The predicted octanol–water partition coefficient (Wildman–Crippen LogP) is 3.48. The molecule has 98 valence electrons. The fourth-order valence-corrected chi connectivity index (χ4v) is 3.37. The van der Waals surface area contributed by atoms with Gasteiger partial charge >= 0.3 is 0 Å². The summed E-state index contributed by atoms with van der Waals surface area (Å²) in [6.45, 7) is 8.37. The van der Waals surface area contributed by atoms with Crippen molar-refractivity contribution in [1.82, 2.24) is 9.97 Å². The van der Waals surface area contributed by atoms with Gasteiger partial charge in [-0.2, -0.15) is 0 Å². The quantitative estimate of drug-likeness (QED) is 0.937. The summed E-state index contributed by atoms with van der Waals surface area (Å²) in [5.41, 5.74) is 2.12. The van der Waals surface area contributed by atoms with Crippen LogP contribution in [-0.4, -0.2) is 15.1 Å². The molecule has 2 rings (SSSR count). The van der Waals surface area contributed by atoms with Gasteiger partial charge in [0.05, 0.1) is 10.7 Å². The Labute approximate surface area is 116 Å². The van der Waals surface area contributed by atoms with Crippen LogP contribution in [0.15, 0.2) is 10.8 Å². The molecule has 1 N–H and O–H groups in total. The fourth-order valence-electron chi connectivity index (χ4n) is 1.53. The van der Waals surface area contributed by atoms with Crippen LogP contribution in [0.5, 0.6) is 0 Å². The maximum absolute atomic E-state index is 10.1. The summed E-state index contributed by atoms with van der Waals surface area (Å²) in [6, 6.07) is 0. The van der Waals surface area contributed by atoms with Gasteiger partial charge in [-0.25, -0.2) is 9.97 Å². The highest BCUT2D eigenvalue weighted by Crippen LogP contribution is 2.27. The molecule has 2 heterocycles. The number of nitrogens with zero attached hydrogens (tertiary/aromatic N) is 2. The van der Waals surface area contributed by atoms with E-state index in [1.54, 1.807) is 11.3 Å². The van der Waals surface area contributed by atoms with E-state index in [2.05, 4.69) is 36.1 Å². The summed E-state index contributed by atoms with van der Waals surface area (Å²) in [5.74, 6) is 0. The van der Waals surface area contributed by atoms with Gasteiger partial charge < -0.3 is 5.11 Å². The van der Waals surface area contributed by atoms with Crippen molar-refractivity contribution < 1.29 is 5.11 Å². The molecule has 0 aliphatic carbocycles. The van der Waals surface area contributed by atoms with E-state index >= 15 is 0 Å². The van der Waals surface area contributed by atoms with Gasteiger partial charge in [-0.3, -0.25) is 0 Å². The number of hydrogen-bond donors (Lipinski definition) is 1. The van der Waals surface area contributed by atoms with Crippen LogP contribution in [0.1, 0.15) is 48.3 Å². The Bertz CT molecular complexity index is 525. The van der Waals surface area contributed by atoms with Crippen LogP contribution in [0.4, 0.5) is 0 Å². The highest BCUT2D eigenvalue weighted by atomic mass is 32.1. The van der Waals surface area contributed by atoms with Crippen molar-refractivity contribution in [3.8, 4) is 0 Å². The average molecular weight is 282 g/mol. The Balaban J connectivity index is 2.08. The Morgan fingerprint density at radius 2 is 1.94 bits per heavy atom. The standard InChI is InChI=1S/C13H18N2OS2/c1-8-6-18-12(14-8)9(16)5-11-15-10(7-17-11)13(2,3)4/h6-7,9,16H,5H2,1-4H3. The van der Waals surface area contributed by atoms with Crippen molar-refractivity contribution in [2.24, 2.45) is 0 Å². The third kappa shape index (κ3) is 3.16. The van der Waals surface area contributed by atoms with Crippen molar-refractivity contribution in [2.45, 2.75) is 45.6 Å². The molecular formula is C13H18N2OS2. The molecule has 0 bridgehead atoms. The van der Waals surface area contributed by atoms with E-state index in [1.807, 2.05) is 12.3 Å². The SMILES string of the molecule is Cc1csc(C(O)Cc2nc(C(C)(C)C)cs2)n1. The minimum atomic E-state index is -0.539. The number of hydrogen-bond acceptors (Lipinski definition) is 5. The van der Waals surface area contributed by atoms with E-state index in [1.165, 1.54) is 11.3 Å². The highest BCUT2D eigenvalue weighted by molar-refractivity contribution is 7.10. The van der Waals surface area contributed by atoms with Crippen molar-refractivity contribution in [3.63, 3.8) is 0 Å². The molecule has 0 aliphatic rings. The van der Waals surface area contributed by atoms with Crippen LogP contribution in [0.25, 0.3) is 0 Å². The van der Waals surface area contributed by atoms with Crippen molar-refractivity contribution in [2.75, 3.05) is 0 Å². The van der Waals surface area contributed by atoms with Crippen LogP contribution < -0.4 is 0 Å². The largest absolute Gasteiger partial charge is 0.385 e. The van der Waals surface area contributed by atoms with Gasteiger partial charge in [0.15, 0.2) is 0 Å². The zero-order valence-corrected chi connectivity index (χ0v) is 12.7. The van der Waals surface area contributed by atoms with E-state index in [9.17, 15) is 5.11 Å². The van der Waals surface area contributed by atoms with E-state index in [4.69, 9.17) is 0 Å². The van der Waals surface area contributed by atoms with Crippen LogP contribution in [0.2, 0.25) is 0 Å². The monoisotopic (exact) mass is 282 g/mol. The molecule has 0 amide bonds. The van der Waals surface area contributed by atoms with Gasteiger partial charge in [0.25, 0.3) is 0 Å². The maximum atomic E-state index is 10.1. The van der Waals surface area contributed by atoms with Gasteiger partial charge in [0.1, 0.15) is 11.1 Å². The molecule has 0 radical (unpaired) electrons. The molecule has 0 spiro atoms. The Morgan fingerprint density at radius 3 is 2.44 bits per heavy atom. The van der Waals surface area contributed by atoms with E-state index in [0.717, 1.165) is 21.4 Å². The molecule has 1 unspecified atom stereocenters. The van der Waals surface area contributed by atoms with Crippen LogP contribution in [0.3, 0.4) is 0 Å². The van der Waals surface area contributed by atoms with Crippen LogP contribution >= 0.6 is 22.7 Å². The summed E-state index contributed by atoms with van der Waals surface area (Å²) in [5, 5.41) is 15.9. The highest BCUT2D eigenvalue weighted by Gasteiger charge is 2.19. The van der Waals surface area contributed by atoms with Crippen molar-refractivity contribution in [1.29, 1.82) is 0 Å². The van der Waals surface area contributed by atoms with Gasteiger partial charge in [0.2, 0.25) is 0 Å². The third-order valence-corrected chi connectivity index (χ3v) is 4.54. The Morgan fingerprint density at radius 1 is 1.22 bits per heavy atom. The molecule has 2 aromatic rings. The van der Waals surface area contributed by atoms with Gasteiger partial charge in [-0.05, 0) is 6.92 Å². The number of thiazole rings is 2. The number of aromatic nitrogens is 2. The second-order valence-electron chi connectivity index (χ2n) is 5.42. The molecule has 3 nitrogen and oxygen atoms in total. The minimum absolute atomic E-state index is 0.0669. The molecule has 5 heteroatoms. The molecule has 18 heavy (non-hydrogen) atoms. The fraction of sp³-hybridized carbons (Fsp3) is 0.538. The first-order valence-electron chi connectivity index (χ1n) is 5.91. The number of aliphatic hydroxyl groups excluding tert-OH is 1. The molecule has 2 aromatic heterocycles. The first-order chi connectivity index (χ1) is 8.36. The molecular weight excluding hydrogens is 264 g/mol. The molecule has 0 aromatic carbocycles. The zero-order valence-electron chi connectivity index (χ0n) is 11.1. The number of aliphatic hydroxyl groups is 1. The van der Waals surface area contributed by atoms with Gasteiger partial charge in [-0.1, -0.05) is 20.8 Å². The first-order valence-corrected chi connectivity index (χ1v) is 7.67. The normalized spacial score (nSPS) is 13.8. The predicted molar refractivity (Wildman–Crippen MR) is 76.3 cm³/mol. The molecule has 1 atom stereocenters. The Hall–Kier alpha value is -0.780. The maximum Gasteiger partial charge on any atom is 0.122 e. The first kappa shape index (κ1) is 13.6. The van der Waals surface area contributed by atoms with E-state index < -0.39 is 6.10 Å². The lowest BCUT2D eigenvalue weighted by molar-refractivity contribution is 0.177. The Kier molecular flexibility index (Phi) is 3.84. The third-order valence-electron chi connectivity index (χ3n) is 2.61. The molecule has 0 saturated carbocycles. The smallest absolute Gasteiger partial charge is 0.122 e. The topological polar surface area (TPSA) is 46.0 Å². The van der Waals surface area contributed by atoms with Crippen LogP contribution in [-0.2, 0) is 11.8 Å². The second-order valence-corrected chi connectivity index (χ2v) is 7.26. The van der Waals surface area contributed by atoms with Crippen LogP contribution in [0, 0.1) is 6.92 Å². The lowest BCUT2D eigenvalue weighted by Crippen LogP contribution is -2.11. The van der Waals surface area contributed by atoms with E-state index in [-0.39, 0.29) is 5.41 Å². The van der Waals surface area contributed by atoms with Crippen molar-refractivity contribution in [3.05, 3.63) is 32.2 Å². The second kappa shape index (κ2) is 5.07. The molecule has 0 saturated heterocycles.